The molecule has 2 amide bonds. The summed E-state index contributed by atoms with van der Waals surface area (Å²) in [5, 5.41) is 7.05. The molecule has 0 radical (unpaired) electrons. The number of carbonyl (C=O) groups excluding carboxylic acids is 2. The lowest BCUT2D eigenvalue weighted by Crippen LogP contribution is -2.59. The van der Waals surface area contributed by atoms with Gasteiger partial charge in [-0.15, -0.1) is 0 Å². The number of hydrogen-bond donors (Lipinski definition) is 3. The van der Waals surface area contributed by atoms with E-state index >= 15 is 0 Å². The van der Waals surface area contributed by atoms with Crippen LogP contribution in [0.15, 0.2) is 18.3 Å². The second kappa shape index (κ2) is 6.53. The van der Waals surface area contributed by atoms with Gasteiger partial charge in [-0.1, -0.05) is 0 Å². The van der Waals surface area contributed by atoms with Crippen molar-refractivity contribution in [3.05, 3.63) is 29.6 Å². The van der Waals surface area contributed by atoms with E-state index in [1.165, 1.54) is 6.20 Å². The Hall–Kier alpha value is -2.16. The predicted molar refractivity (Wildman–Crippen MR) is 76.1 cm³/mol. The van der Waals surface area contributed by atoms with Gasteiger partial charge in [-0.25, -0.2) is 4.79 Å². The molecule has 0 saturated carbocycles. The number of aryl methyl sites for hydroxylation is 1. The van der Waals surface area contributed by atoms with E-state index in [0.29, 0.717) is 18.5 Å². The van der Waals surface area contributed by atoms with Gasteiger partial charge in [0.1, 0.15) is 12.1 Å². The van der Waals surface area contributed by atoms with Crippen molar-refractivity contribution in [2.45, 2.75) is 25.1 Å². The molecule has 1 aliphatic heterocycles. The number of alkyl halides is 3. The fourth-order valence-electron chi connectivity index (χ4n) is 2.37. The van der Waals surface area contributed by atoms with Gasteiger partial charge >= 0.3 is 12.2 Å². The summed E-state index contributed by atoms with van der Waals surface area (Å²) < 4.78 is 36.5. The molecule has 1 aromatic heterocycles. The maximum absolute atomic E-state index is 12.7. The van der Waals surface area contributed by atoms with Crippen LogP contribution in [0.3, 0.4) is 0 Å². The normalized spacial score (nSPS) is 21.0. The highest BCUT2D eigenvalue weighted by atomic mass is 19.4. The molecule has 0 aliphatic carbocycles. The molecule has 2 rings (SSSR count). The van der Waals surface area contributed by atoms with Gasteiger partial charge in [-0.05, 0) is 32.0 Å². The summed E-state index contributed by atoms with van der Waals surface area (Å²) in [6.07, 6.45) is -2.82. The number of hydrogen-bond acceptors (Lipinski definition) is 4. The molecule has 0 unspecified atom stereocenters. The van der Waals surface area contributed by atoms with E-state index in [0.717, 1.165) is 5.69 Å². The molecule has 23 heavy (non-hydrogen) atoms. The number of pyridine rings is 1. The van der Waals surface area contributed by atoms with Gasteiger partial charge in [0.25, 0.3) is 0 Å². The summed E-state index contributed by atoms with van der Waals surface area (Å²) in [4.78, 5) is 28.4. The van der Waals surface area contributed by atoms with Crippen molar-refractivity contribution in [2.75, 3.05) is 19.6 Å². The molecular formula is C14H17F3N4O2. The summed E-state index contributed by atoms with van der Waals surface area (Å²) in [6.45, 7) is 0.941. The lowest BCUT2D eigenvalue weighted by molar-refractivity contribution is -0.122. The first-order chi connectivity index (χ1) is 10.7. The van der Waals surface area contributed by atoms with E-state index in [-0.39, 0.29) is 12.3 Å². The maximum Gasteiger partial charge on any atom is 0.405 e. The van der Waals surface area contributed by atoms with Crippen LogP contribution in [0.2, 0.25) is 0 Å². The largest absolute Gasteiger partial charge is 0.405 e. The van der Waals surface area contributed by atoms with Gasteiger partial charge in [0.2, 0.25) is 0 Å². The molecule has 2 heterocycles. The predicted octanol–water partition coefficient (Wildman–Crippen LogP) is 1.17. The van der Waals surface area contributed by atoms with Crippen LogP contribution in [0.4, 0.5) is 18.0 Å². The molecule has 0 bridgehead atoms. The van der Waals surface area contributed by atoms with Crippen LogP contribution in [0.25, 0.3) is 0 Å². The van der Waals surface area contributed by atoms with Crippen molar-refractivity contribution in [3.63, 3.8) is 0 Å². The van der Waals surface area contributed by atoms with E-state index < -0.39 is 24.3 Å². The first-order valence-corrected chi connectivity index (χ1v) is 7.03. The maximum atomic E-state index is 12.7. The van der Waals surface area contributed by atoms with Crippen LogP contribution < -0.4 is 16.0 Å². The van der Waals surface area contributed by atoms with Crippen LogP contribution in [-0.4, -0.2) is 48.1 Å². The first kappa shape index (κ1) is 17.2. The summed E-state index contributed by atoms with van der Waals surface area (Å²) in [5.41, 5.74) is -0.237. The molecular weight excluding hydrogens is 313 g/mol. The number of ketones is 1. The zero-order valence-corrected chi connectivity index (χ0v) is 12.5. The summed E-state index contributed by atoms with van der Waals surface area (Å²) in [7, 11) is 0. The zero-order chi connectivity index (χ0) is 17.1. The number of amides is 2. The van der Waals surface area contributed by atoms with Crippen LogP contribution >= 0.6 is 0 Å². The van der Waals surface area contributed by atoms with Crippen LogP contribution in [0, 0.1) is 6.92 Å². The van der Waals surface area contributed by atoms with Gasteiger partial charge in [0.15, 0.2) is 5.78 Å². The van der Waals surface area contributed by atoms with Crippen molar-refractivity contribution >= 4 is 11.8 Å². The van der Waals surface area contributed by atoms with Gasteiger partial charge < -0.3 is 16.0 Å². The Labute approximate surface area is 130 Å². The van der Waals surface area contributed by atoms with Crippen LogP contribution in [-0.2, 0) is 0 Å². The SMILES string of the molecule is Cc1ccc(C(=O)[C@@]2(NC(=O)NCC(F)(F)F)CCNC2)cn1. The number of aromatic nitrogens is 1. The number of nitrogens with one attached hydrogen (secondary N) is 3. The number of urea groups is 1. The Morgan fingerprint density at radius 1 is 1.39 bits per heavy atom. The van der Waals surface area contributed by atoms with Gasteiger partial charge in [0, 0.05) is 24.0 Å². The summed E-state index contributed by atoms with van der Waals surface area (Å²) >= 11 is 0. The molecule has 0 spiro atoms. The molecule has 1 saturated heterocycles. The zero-order valence-electron chi connectivity index (χ0n) is 12.5. The molecule has 6 nitrogen and oxygen atoms in total. The minimum Gasteiger partial charge on any atom is -0.329 e. The van der Waals surface area contributed by atoms with Gasteiger partial charge in [0.05, 0.1) is 0 Å². The number of carbonyl (C=O) groups is 2. The minimum absolute atomic E-state index is 0.152. The average molecular weight is 330 g/mol. The second-order valence-corrected chi connectivity index (χ2v) is 5.45. The Morgan fingerprint density at radius 2 is 2.13 bits per heavy atom. The smallest absolute Gasteiger partial charge is 0.329 e. The number of Topliss-reactive ketones (excluding diaryl/α,β-unsaturated/α-hetero) is 1. The van der Waals surface area contributed by atoms with Gasteiger partial charge in [-0.3, -0.25) is 9.78 Å². The summed E-state index contributed by atoms with van der Waals surface area (Å²) in [6, 6.07) is 2.21. The number of rotatable bonds is 4. The quantitative estimate of drug-likeness (QED) is 0.724. The fraction of sp³-hybridized carbons (Fsp3) is 0.500. The molecule has 1 aliphatic rings. The van der Waals surface area contributed by atoms with Crippen molar-refractivity contribution < 1.29 is 22.8 Å². The molecule has 9 heteroatoms. The molecule has 1 aromatic rings. The monoisotopic (exact) mass is 330 g/mol. The molecule has 3 N–H and O–H groups in total. The number of halogens is 3. The lowest BCUT2D eigenvalue weighted by Gasteiger charge is -2.28. The van der Waals surface area contributed by atoms with Crippen molar-refractivity contribution in [2.24, 2.45) is 0 Å². The average Bonchev–Trinajstić information content (AvgIpc) is 2.94. The first-order valence-electron chi connectivity index (χ1n) is 7.03. The Morgan fingerprint density at radius 3 is 2.65 bits per heavy atom. The number of nitrogens with zero attached hydrogens (tertiary/aromatic N) is 1. The third-order valence-electron chi connectivity index (χ3n) is 3.57. The highest BCUT2D eigenvalue weighted by Gasteiger charge is 2.43. The van der Waals surface area contributed by atoms with Crippen LogP contribution in [0.5, 0.6) is 0 Å². The third-order valence-corrected chi connectivity index (χ3v) is 3.57. The van der Waals surface area contributed by atoms with E-state index in [4.69, 9.17) is 0 Å². The Bertz CT molecular complexity index is 581. The van der Waals surface area contributed by atoms with Crippen molar-refractivity contribution in [1.82, 2.24) is 20.9 Å². The molecule has 1 atom stereocenters. The second-order valence-electron chi connectivity index (χ2n) is 5.45. The summed E-state index contributed by atoms with van der Waals surface area (Å²) in [5.74, 6) is -0.378. The lowest BCUT2D eigenvalue weighted by atomic mass is 9.89. The highest BCUT2D eigenvalue weighted by Crippen LogP contribution is 2.21. The standard InChI is InChI=1S/C14H17F3N4O2/c1-9-2-3-10(6-19-9)11(22)13(4-5-18-7-13)21-12(23)20-8-14(15,16)17/h2-3,6,18H,4-5,7-8H2,1H3,(H2,20,21,23)/t13-/m1/s1. The molecule has 1 fully saturated rings. The minimum atomic E-state index is -4.51. The van der Waals surface area contributed by atoms with Gasteiger partial charge in [-0.2, -0.15) is 13.2 Å². The highest BCUT2D eigenvalue weighted by molar-refractivity contribution is 6.05. The Balaban J connectivity index is 2.11. The van der Waals surface area contributed by atoms with E-state index in [1.54, 1.807) is 24.4 Å². The van der Waals surface area contributed by atoms with Crippen molar-refractivity contribution in [1.29, 1.82) is 0 Å². The van der Waals surface area contributed by atoms with E-state index in [2.05, 4.69) is 15.6 Å². The topological polar surface area (TPSA) is 83.1 Å². The van der Waals surface area contributed by atoms with Crippen LogP contribution in [0.1, 0.15) is 22.5 Å². The van der Waals surface area contributed by atoms with E-state index in [1.807, 2.05) is 0 Å². The third kappa shape index (κ3) is 4.41. The molecule has 126 valence electrons. The fourth-order valence-corrected chi connectivity index (χ4v) is 2.37. The van der Waals surface area contributed by atoms with Crippen molar-refractivity contribution in [3.8, 4) is 0 Å². The van der Waals surface area contributed by atoms with E-state index in [9.17, 15) is 22.8 Å². The Kier molecular flexibility index (Phi) is 4.88. The molecule has 0 aromatic carbocycles.